The van der Waals surface area contributed by atoms with Crippen LogP contribution in [0.3, 0.4) is 0 Å². The van der Waals surface area contributed by atoms with Gasteiger partial charge in [0.1, 0.15) is 6.04 Å². The summed E-state index contributed by atoms with van der Waals surface area (Å²) in [5.41, 5.74) is 2.38. The molecule has 2 aromatic carbocycles. The molecule has 0 aromatic heterocycles. The van der Waals surface area contributed by atoms with E-state index in [2.05, 4.69) is 5.32 Å². The van der Waals surface area contributed by atoms with Crippen molar-refractivity contribution in [2.75, 3.05) is 0 Å². The Hall–Kier alpha value is -2.04. The van der Waals surface area contributed by atoms with E-state index in [1.807, 2.05) is 58.9 Å². The average Bonchev–Trinajstić information content (AvgIpc) is 2.63. The molecule has 2 aromatic rings. The number of hydrogen-bond acceptors (Lipinski definition) is 2. The van der Waals surface area contributed by atoms with E-state index >= 15 is 0 Å². The summed E-state index contributed by atoms with van der Waals surface area (Å²) in [6.45, 7) is 10.1. The first-order valence-corrected chi connectivity index (χ1v) is 10.9. The second kappa shape index (κ2) is 10.3. The monoisotopic (exact) mass is 448 g/mol. The van der Waals surface area contributed by atoms with E-state index in [1.54, 1.807) is 23.1 Å². The first kappa shape index (κ1) is 24.2. The Kier molecular flexibility index (Phi) is 8.34. The molecular weight excluding hydrogens is 419 g/mol. The van der Waals surface area contributed by atoms with Crippen LogP contribution in [0.15, 0.2) is 42.5 Å². The molecule has 1 atom stereocenters. The Morgan fingerprint density at radius 2 is 1.73 bits per heavy atom. The fourth-order valence-corrected chi connectivity index (χ4v) is 3.75. The molecule has 0 unspecified atom stereocenters. The highest BCUT2D eigenvalue weighted by atomic mass is 35.5. The molecule has 6 heteroatoms. The van der Waals surface area contributed by atoms with Gasteiger partial charge < -0.3 is 10.2 Å². The van der Waals surface area contributed by atoms with Crippen LogP contribution >= 0.6 is 23.2 Å². The summed E-state index contributed by atoms with van der Waals surface area (Å²) in [5, 5.41) is 3.97. The first-order chi connectivity index (χ1) is 14.0. The Morgan fingerprint density at radius 1 is 1.07 bits per heavy atom. The smallest absolute Gasteiger partial charge is 0.243 e. The number of rotatable bonds is 7. The van der Waals surface area contributed by atoms with E-state index in [0.29, 0.717) is 28.6 Å². The number of nitrogens with one attached hydrogen (secondary N) is 1. The summed E-state index contributed by atoms with van der Waals surface area (Å²) < 4.78 is 0. The minimum absolute atomic E-state index is 0.0984. The molecule has 0 aliphatic rings. The zero-order chi connectivity index (χ0) is 22.5. The van der Waals surface area contributed by atoms with Crippen molar-refractivity contribution < 1.29 is 9.59 Å². The summed E-state index contributed by atoms with van der Waals surface area (Å²) in [4.78, 5) is 28.1. The maximum atomic E-state index is 13.4. The predicted molar refractivity (Wildman–Crippen MR) is 124 cm³/mol. The van der Waals surface area contributed by atoms with Crippen molar-refractivity contribution >= 4 is 35.0 Å². The molecule has 2 rings (SSSR count). The number of carbonyl (C=O) groups excluding carboxylic acids is 2. The summed E-state index contributed by atoms with van der Waals surface area (Å²) >= 11 is 12.3. The summed E-state index contributed by atoms with van der Waals surface area (Å²) in [6, 6.07) is 12.4. The highest BCUT2D eigenvalue weighted by Gasteiger charge is 2.31. The van der Waals surface area contributed by atoms with Gasteiger partial charge in [-0.15, -0.1) is 0 Å². The van der Waals surface area contributed by atoms with Crippen LogP contribution in [0, 0.1) is 6.92 Å². The molecule has 0 saturated heterocycles. The van der Waals surface area contributed by atoms with Crippen molar-refractivity contribution in [1.29, 1.82) is 0 Å². The Balaban J connectivity index is 2.37. The number of halogens is 2. The molecule has 0 fully saturated rings. The van der Waals surface area contributed by atoms with Gasteiger partial charge >= 0.3 is 0 Å². The lowest BCUT2D eigenvalue weighted by molar-refractivity contribution is -0.141. The minimum atomic E-state index is -0.581. The van der Waals surface area contributed by atoms with Crippen molar-refractivity contribution in [3.8, 4) is 0 Å². The zero-order valence-corrected chi connectivity index (χ0v) is 19.8. The lowest BCUT2D eigenvalue weighted by Gasteiger charge is -2.33. The van der Waals surface area contributed by atoms with Crippen LogP contribution in [-0.2, 0) is 22.6 Å². The largest absolute Gasteiger partial charge is 0.350 e. The molecule has 2 amide bonds. The molecule has 0 saturated carbocycles. The van der Waals surface area contributed by atoms with Gasteiger partial charge in [-0.25, -0.2) is 0 Å². The van der Waals surface area contributed by atoms with Gasteiger partial charge in [0.2, 0.25) is 11.8 Å². The van der Waals surface area contributed by atoms with Gasteiger partial charge in [-0.05, 0) is 62.9 Å². The van der Waals surface area contributed by atoms with Gasteiger partial charge in [0, 0.05) is 22.1 Å². The SMILES string of the molecule is CC[C@H](C(=O)NC(C)(C)C)N(Cc1ccccc1C)C(=O)Cc1ccc(Cl)cc1Cl. The van der Waals surface area contributed by atoms with Crippen LogP contribution in [0.4, 0.5) is 0 Å². The van der Waals surface area contributed by atoms with Crippen molar-refractivity contribution in [2.45, 2.75) is 65.6 Å². The van der Waals surface area contributed by atoms with Crippen molar-refractivity contribution in [3.05, 3.63) is 69.2 Å². The zero-order valence-electron chi connectivity index (χ0n) is 18.3. The van der Waals surface area contributed by atoms with E-state index in [1.165, 1.54) is 0 Å². The van der Waals surface area contributed by atoms with Crippen LogP contribution in [0.5, 0.6) is 0 Å². The Labute approximate surface area is 189 Å². The fourth-order valence-electron chi connectivity index (χ4n) is 3.27. The molecule has 0 heterocycles. The number of aryl methyl sites for hydroxylation is 1. The van der Waals surface area contributed by atoms with Crippen LogP contribution in [0.2, 0.25) is 10.0 Å². The lowest BCUT2D eigenvalue weighted by atomic mass is 10.0. The summed E-state index contributed by atoms with van der Waals surface area (Å²) in [6.07, 6.45) is 0.606. The highest BCUT2D eigenvalue weighted by Crippen LogP contribution is 2.23. The summed E-state index contributed by atoms with van der Waals surface area (Å²) in [7, 11) is 0. The summed E-state index contributed by atoms with van der Waals surface area (Å²) in [5.74, 6) is -0.312. The third-order valence-electron chi connectivity index (χ3n) is 4.84. The normalized spacial score (nSPS) is 12.4. The molecule has 162 valence electrons. The van der Waals surface area contributed by atoms with Crippen LogP contribution in [0.1, 0.15) is 50.8 Å². The molecule has 0 radical (unpaired) electrons. The third kappa shape index (κ3) is 6.75. The van der Waals surface area contributed by atoms with Gasteiger partial charge in [0.25, 0.3) is 0 Å². The average molecular weight is 449 g/mol. The second-order valence-electron chi connectivity index (χ2n) is 8.52. The number of benzene rings is 2. The Morgan fingerprint density at radius 3 is 2.30 bits per heavy atom. The van der Waals surface area contributed by atoms with Crippen molar-refractivity contribution in [1.82, 2.24) is 10.2 Å². The molecule has 30 heavy (non-hydrogen) atoms. The number of amides is 2. The standard InChI is InChI=1S/C24H30Cl2N2O2/c1-6-21(23(30)27-24(3,4)5)28(15-18-10-8-7-9-16(18)2)22(29)13-17-11-12-19(25)14-20(17)26/h7-12,14,21H,6,13,15H2,1-5H3,(H,27,30)/t21-/m1/s1. The van der Waals surface area contributed by atoms with E-state index in [-0.39, 0.29) is 23.8 Å². The van der Waals surface area contributed by atoms with Gasteiger partial charge in [-0.1, -0.05) is 60.5 Å². The molecular formula is C24H30Cl2N2O2. The van der Waals surface area contributed by atoms with Crippen LogP contribution in [-0.4, -0.2) is 28.3 Å². The predicted octanol–water partition coefficient (Wildman–Crippen LogP) is 5.57. The number of carbonyl (C=O) groups is 2. The first-order valence-electron chi connectivity index (χ1n) is 10.1. The van der Waals surface area contributed by atoms with Gasteiger partial charge in [-0.2, -0.15) is 0 Å². The molecule has 0 spiro atoms. The molecule has 4 nitrogen and oxygen atoms in total. The lowest BCUT2D eigenvalue weighted by Crippen LogP contribution is -2.53. The minimum Gasteiger partial charge on any atom is -0.350 e. The second-order valence-corrected chi connectivity index (χ2v) is 9.37. The van der Waals surface area contributed by atoms with Crippen molar-refractivity contribution in [3.63, 3.8) is 0 Å². The van der Waals surface area contributed by atoms with Crippen LogP contribution < -0.4 is 5.32 Å². The Bertz CT molecular complexity index is 906. The maximum Gasteiger partial charge on any atom is 0.243 e. The highest BCUT2D eigenvalue weighted by molar-refractivity contribution is 6.35. The molecule has 1 N–H and O–H groups in total. The van der Waals surface area contributed by atoms with E-state index in [4.69, 9.17) is 23.2 Å². The fraction of sp³-hybridized carbons (Fsp3) is 0.417. The molecule has 0 bridgehead atoms. The van der Waals surface area contributed by atoms with Crippen molar-refractivity contribution in [2.24, 2.45) is 0 Å². The van der Waals surface area contributed by atoms with E-state index < -0.39 is 6.04 Å². The number of hydrogen-bond donors (Lipinski definition) is 1. The van der Waals surface area contributed by atoms with Gasteiger partial charge in [0.15, 0.2) is 0 Å². The molecule has 0 aliphatic heterocycles. The van der Waals surface area contributed by atoms with Gasteiger partial charge in [-0.3, -0.25) is 9.59 Å². The topological polar surface area (TPSA) is 49.4 Å². The molecule has 0 aliphatic carbocycles. The van der Waals surface area contributed by atoms with E-state index in [9.17, 15) is 9.59 Å². The third-order valence-corrected chi connectivity index (χ3v) is 5.43. The quantitative estimate of drug-likeness (QED) is 0.601. The van der Waals surface area contributed by atoms with Gasteiger partial charge in [0.05, 0.1) is 6.42 Å². The number of nitrogens with zero attached hydrogens (tertiary/aromatic N) is 1. The van der Waals surface area contributed by atoms with E-state index in [0.717, 1.165) is 11.1 Å². The maximum absolute atomic E-state index is 13.4. The van der Waals surface area contributed by atoms with Crippen LogP contribution in [0.25, 0.3) is 0 Å².